The smallest absolute Gasteiger partial charge is 0.323 e. The summed E-state index contributed by atoms with van der Waals surface area (Å²) in [5.74, 6) is 0.0723. The van der Waals surface area contributed by atoms with Crippen LogP contribution in [0.15, 0.2) is 28.7 Å². The van der Waals surface area contributed by atoms with Crippen molar-refractivity contribution in [1.29, 1.82) is 0 Å². The highest BCUT2D eigenvalue weighted by Gasteiger charge is 2.40. The molecule has 0 radical (unpaired) electrons. The van der Waals surface area contributed by atoms with Crippen LogP contribution in [-0.2, 0) is 4.79 Å². The first-order chi connectivity index (χ1) is 9.52. The SMILES string of the molecule is CC1(C(=O)O)CCCCN1CCOc1ccc(Br)cc1. The van der Waals surface area contributed by atoms with Gasteiger partial charge >= 0.3 is 5.97 Å². The molecule has 110 valence electrons. The molecule has 1 fully saturated rings. The van der Waals surface area contributed by atoms with Gasteiger partial charge in [-0.2, -0.15) is 0 Å². The predicted octanol–water partition coefficient (Wildman–Crippen LogP) is 3.16. The van der Waals surface area contributed by atoms with Crippen molar-refractivity contribution >= 4 is 21.9 Å². The van der Waals surface area contributed by atoms with Crippen LogP contribution in [0.4, 0.5) is 0 Å². The highest BCUT2D eigenvalue weighted by atomic mass is 79.9. The molecule has 20 heavy (non-hydrogen) atoms. The van der Waals surface area contributed by atoms with Gasteiger partial charge in [-0.25, -0.2) is 0 Å². The minimum Gasteiger partial charge on any atom is -0.492 e. The third-order valence-corrected chi connectivity index (χ3v) is 4.47. The van der Waals surface area contributed by atoms with Crippen molar-refractivity contribution in [2.24, 2.45) is 0 Å². The lowest BCUT2D eigenvalue weighted by molar-refractivity contribution is -0.153. The average Bonchev–Trinajstić information content (AvgIpc) is 2.43. The van der Waals surface area contributed by atoms with E-state index in [0.717, 1.165) is 29.6 Å². The molecule has 1 atom stereocenters. The molecular weight excluding hydrogens is 322 g/mol. The summed E-state index contributed by atoms with van der Waals surface area (Å²) >= 11 is 3.38. The lowest BCUT2D eigenvalue weighted by atomic mass is 9.88. The van der Waals surface area contributed by atoms with Crippen LogP contribution in [0.5, 0.6) is 5.75 Å². The summed E-state index contributed by atoms with van der Waals surface area (Å²) in [6, 6.07) is 7.66. The van der Waals surface area contributed by atoms with E-state index in [1.54, 1.807) is 0 Å². The maximum Gasteiger partial charge on any atom is 0.323 e. The molecule has 0 aliphatic carbocycles. The number of carboxylic acid groups (broad SMARTS) is 1. The van der Waals surface area contributed by atoms with E-state index in [0.29, 0.717) is 19.6 Å². The van der Waals surface area contributed by atoms with Gasteiger partial charge in [-0.3, -0.25) is 9.69 Å². The third-order valence-electron chi connectivity index (χ3n) is 3.94. The maximum absolute atomic E-state index is 11.5. The second-order valence-electron chi connectivity index (χ2n) is 5.33. The Morgan fingerprint density at radius 3 is 2.75 bits per heavy atom. The van der Waals surface area contributed by atoms with Crippen LogP contribution in [0, 0.1) is 0 Å². The van der Waals surface area contributed by atoms with Gasteiger partial charge in [-0.1, -0.05) is 15.9 Å². The van der Waals surface area contributed by atoms with Gasteiger partial charge in [0.05, 0.1) is 0 Å². The number of carbonyl (C=O) groups is 1. The van der Waals surface area contributed by atoms with Crippen molar-refractivity contribution < 1.29 is 14.6 Å². The summed E-state index contributed by atoms with van der Waals surface area (Å²) < 4.78 is 6.69. The van der Waals surface area contributed by atoms with E-state index < -0.39 is 11.5 Å². The molecule has 1 saturated heterocycles. The molecule has 0 saturated carbocycles. The van der Waals surface area contributed by atoms with Gasteiger partial charge in [0.2, 0.25) is 0 Å². The van der Waals surface area contributed by atoms with Crippen LogP contribution in [0.2, 0.25) is 0 Å². The zero-order valence-corrected chi connectivity index (χ0v) is 13.2. The van der Waals surface area contributed by atoms with Crippen LogP contribution >= 0.6 is 15.9 Å². The summed E-state index contributed by atoms with van der Waals surface area (Å²) in [4.78, 5) is 13.5. The number of piperidine rings is 1. The Morgan fingerprint density at radius 2 is 2.10 bits per heavy atom. The Labute approximate surface area is 127 Å². The third kappa shape index (κ3) is 3.52. The predicted molar refractivity (Wildman–Crippen MR) is 81.1 cm³/mol. The van der Waals surface area contributed by atoms with Crippen molar-refractivity contribution in [2.45, 2.75) is 31.7 Å². The molecule has 4 nitrogen and oxygen atoms in total. The quantitative estimate of drug-likeness (QED) is 0.893. The van der Waals surface area contributed by atoms with E-state index in [2.05, 4.69) is 15.9 Å². The monoisotopic (exact) mass is 341 g/mol. The van der Waals surface area contributed by atoms with Gasteiger partial charge in [0.25, 0.3) is 0 Å². The van der Waals surface area contributed by atoms with Gasteiger partial charge in [-0.05, 0) is 57.0 Å². The summed E-state index contributed by atoms with van der Waals surface area (Å²) in [6.45, 7) is 3.78. The van der Waals surface area contributed by atoms with E-state index >= 15 is 0 Å². The number of ether oxygens (including phenoxy) is 1. The summed E-state index contributed by atoms with van der Waals surface area (Å²) in [6.07, 6.45) is 2.74. The van der Waals surface area contributed by atoms with Gasteiger partial charge in [0.1, 0.15) is 17.9 Å². The second-order valence-corrected chi connectivity index (χ2v) is 6.24. The molecule has 0 amide bonds. The van der Waals surface area contributed by atoms with Gasteiger partial charge in [0, 0.05) is 11.0 Å². The number of rotatable bonds is 5. The number of aliphatic carboxylic acids is 1. The number of nitrogens with zero attached hydrogens (tertiary/aromatic N) is 1. The minimum absolute atomic E-state index is 0.504. The first kappa shape index (κ1) is 15.3. The number of benzene rings is 1. The summed E-state index contributed by atoms with van der Waals surface area (Å²) in [5.41, 5.74) is -0.749. The average molecular weight is 342 g/mol. The van der Waals surface area contributed by atoms with Gasteiger partial charge < -0.3 is 9.84 Å². The largest absolute Gasteiger partial charge is 0.492 e. The second kappa shape index (κ2) is 6.59. The number of halogens is 1. The van der Waals surface area contributed by atoms with Crippen LogP contribution in [0.1, 0.15) is 26.2 Å². The van der Waals surface area contributed by atoms with Gasteiger partial charge in [0.15, 0.2) is 0 Å². The lowest BCUT2D eigenvalue weighted by Gasteiger charge is -2.41. The lowest BCUT2D eigenvalue weighted by Crippen LogP contribution is -2.56. The number of hydrogen-bond acceptors (Lipinski definition) is 3. The van der Waals surface area contributed by atoms with E-state index in [9.17, 15) is 9.90 Å². The van der Waals surface area contributed by atoms with Crippen molar-refractivity contribution in [3.63, 3.8) is 0 Å². The summed E-state index contributed by atoms with van der Waals surface area (Å²) in [5, 5.41) is 9.43. The molecule has 0 spiro atoms. The van der Waals surface area contributed by atoms with E-state index in [1.165, 1.54) is 0 Å². The van der Waals surface area contributed by atoms with Crippen LogP contribution in [-0.4, -0.2) is 41.2 Å². The van der Waals surface area contributed by atoms with Crippen LogP contribution in [0.25, 0.3) is 0 Å². The van der Waals surface area contributed by atoms with Crippen molar-refractivity contribution in [3.05, 3.63) is 28.7 Å². The first-order valence-electron chi connectivity index (χ1n) is 6.89. The fourth-order valence-corrected chi connectivity index (χ4v) is 2.85. The number of likely N-dealkylation sites (tertiary alicyclic amines) is 1. The molecular formula is C15H20BrNO3. The molecule has 2 rings (SSSR count). The molecule has 0 bridgehead atoms. The van der Waals surface area contributed by atoms with Crippen LogP contribution < -0.4 is 4.74 Å². The highest BCUT2D eigenvalue weighted by molar-refractivity contribution is 9.10. The Balaban J connectivity index is 1.88. The Morgan fingerprint density at radius 1 is 1.40 bits per heavy atom. The zero-order chi connectivity index (χ0) is 14.6. The molecule has 1 aromatic rings. The Kier molecular flexibility index (Phi) is 5.05. The van der Waals surface area contributed by atoms with E-state index in [1.807, 2.05) is 36.1 Å². The normalized spacial score (nSPS) is 23.5. The van der Waals surface area contributed by atoms with Crippen molar-refractivity contribution in [3.8, 4) is 5.75 Å². The summed E-state index contributed by atoms with van der Waals surface area (Å²) in [7, 11) is 0. The molecule has 1 N–H and O–H groups in total. The molecule has 5 heteroatoms. The topological polar surface area (TPSA) is 49.8 Å². The van der Waals surface area contributed by atoms with Gasteiger partial charge in [-0.15, -0.1) is 0 Å². The highest BCUT2D eigenvalue weighted by Crippen LogP contribution is 2.28. The minimum atomic E-state index is -0.749. The van der Waals surface area contributed by atoms with Crippen LogP contribution in [0.3, 0.4) is 0 Å². The zero-order valence-electron chi connectivity index (χ0n) is 11.6. The van der Waals surface area contributed by atoms with E-state index in [-0.39, 0.29) is 0 Å². The van der Waals surface area contributed by atoms with Crippen molar-refractivity contribution in [2.75, 3.05) is 19.7 Å². The molecule has 1 heterocycles. The Hall–Kier alpha value is -1.07. The number of hydrogen-bond donors (Lipinski definition) is 1. The fourth-order valence-electron chi connectivity index (χ4n) is 2.58. The molecule has 1 aliphatic rings. The maximum atomic E-state index is 11.5. The van der Waals surface area contributed by atoms with Crippen molar-refractivity contribution in [1.82, 2.24) is 4.90 Å². The molecule has 1 unspecified atom stereocenters. The standard InChI is InChI=1S/C15H20BrNO3/c1-15(14(18)19)8-2-3-9-17(15)10-11-20-13-6-4-12(16)5-7-13/h4-7H,2-3,8-11H2,1H3,(H,18,19). The first-order valence-corrected chi connectivity index (χ1v) is 7.68. The fraction of sp³-hybridized carbons (Fsp3) is 0.533. The molecule has 0 aromatic heterocycles. The van der Waals surface area contributed by atoms with E-state index in [4.69, 9.17) is 4.74 Å². The molecule has 1 aliphatic heterocycles. The Bertz CT molecular complexity index is 463. The number of carboxylic acids is 1. The molecule has 1 aromatic carbocycles.